The standard InChI is InChI=1S/C12H16N4O3/c1-8-3-2-6-16(7-8)9-4-5-10(17-18-13)12-11(9)14-19-15-12/h4-5,8H,2-3,6-7,13H2,1H3. The number of nitrogens with zero attached hydrogens (tertiary/aromatic N) is 3. The van der Waals surface area contributed by atoms with Gasteiger partial charge >= 0.3 is 0 Å². The van der Waals surface area contributed by atoms with Crippen molar-refractivity contribution in [2.24, 2.45) is 11.8 Å². The minimum atomic E-state index is 0.396. The van der Waals surface area contributed by atoms with Crippen LogP contribution in [-0.2, 0) is 4.99 Å². The quantitative estimate of drug-likeness (QED) is 0.666. The Hall–Kier alpha value is -1.86. The summed E-state index contributed by atoms with van der Waals surface area (Å²) in [4.78, 5) is 11.3. The lowest BCUT2D eigenvalue weighted by molar-refractivity contribution is -0.210. The van der Waals surface area contributed by atoms with E-state index in [1.54, 1.807) is 6.07 Å². The number of hydrogen-bond donors (Lipinski definition) is 1. The maximum absolute atomic E-state index is 4.91. The molecule has 1 atom stereocenters. The number of fused-ring (bicyclic) bond motifs is 1. The highest BCUT2D eigenvalue weighted by atomic mass is 17.3. The van der Waals surface area contributed by atoms with Gasteiger partial charge in [0.1, 0.15) is 0 Å². The van der Waals surface area contributed by atoms with Crippen molar-refractivity contribution in [3.8, 4) is 5.75 Å². The molecule has 0 spiro atoms. The van der Waals surface area contributed by atoms with Crippen LogP contribution in [0.1, 0.15) is 19.8 Å². The molecule has 1 aromatic heterocycles. The first-order valence-corrected chi connectivity index (χ1v) is 6.33. The molecule has 3 rings (SSSR count). The zero-order valence-electron chi connectivity index (χ0n) is 10.7. The Morgan fingerprint density at radius 1 is 1.37 bits per heavy atom. The molecule has 2 aromatic rings. The second-order valence-electron chi connectivity index (χ2n) is 4.92. The average Bonchev–Trinajstić information content (AvgIpc) is 2.89. The molecule has 2 N–H and O–H groups in total. The number of hydrogen-bond acceptors (Lipinski definition) is 7. The fraction of sp³-hybridized carbons (Fsp3) is 0.500. The van der Waals surface area contributed by atoms with E-state index >= 15 is 0 Å². The molecule has 0 amide bonds. The van der Waals surface area contributed by atoms with Gasteiger partial charge < -0.3 is 9.79 Å². The summed E-state index contributed by atoms with van der Waals surface area (Å²) in [7, 11) is 0. The fourth-order valence-electron chi connectivity index (χ4n) is 2.61. The largest absolute Gasteiger partial charge is 0.369 e. The van der Waals surface area contributed by atoms with Gasteiger partial charge in [0, 0.05) is 13.1 Å². The molecule has 1 aliphatic rings. The molecule has 0 radical (unpaired) electrons. The van der Waals surface area contributed by atoms with Crippen LogP contribution in [0.2, 0.25) is 0 Å². The molecule has 1 unspecified atom stereocenters. The van der Waals surface area contributed by atoms with Gasteiger partial charge in [-0.3, -0.25) is 0 Å². The van der Waals surface area contributed by atoms with Gasteiger partial charge in [-0.1, -0.05) is 11.9 Å². The van der Waals surface area contributed by atoms with E-state index in [0.29, 0.717) is 22.7 Å². The molecule has 19 heavy (non-hydrogen) atoms. The van der Waals surface area contributed by atoms with Gasteiger partial charge in [0.2, 0.25) is 0 Å². The van der Waals surface area contributed by atoms with Crippen molar-refractivity contribution in [3.05, 3.63) is 12.1 Å². The van der Waals surface area contributed by atoms with E-state index in [0.717, 1.165) is 18.8 Å². The third-order valence-corrected chi connectivity index (χ3v) is 3.49. The van der Waals surface area contributed by atoms with Gasteiger partial charge in [0.15, 0.2) is 16.8 Å². The number of nitrogens with two attached hydrogens (primary N) is 1. The number of aromatic nitrogens is 2. The van der Waals surface area contributed by atoms with Crippen LogP contribution in [0, 0.1) is 5.92 Å². The lowest BCUT2D eigenvalue weighted by Gasteiger charge is -2.32. The highest BCUT2D eigenvalue weighted by Crippen LogP contribution is 2.33. The molecule has 2 heterocycles. The molecule has 7 nitrogen and oxygen atoms in total. The Bertz CT molecular complexity index is 571. The summed E-state index contributed by atoms with van der Waals surface area (Å²) in [6, 6.07) is 3.69. The third-order valence-electron chi connectivity index (χ3n) is 3.49. The van der Waals surface area contributed by atoms with Gasteiger partial charge in [-0.2, -0.15) is 5.90 Å². The number of anilines is 1. The van der Waals surface area contributed by atoms with Crippen LogP contribution < -0.4 is 15.7 Å². The summed E-state index contributed by atoms with van der Waals surface area (Å²) in [5, 5.41) is 7.80. The highest BCUT2D eigenvalue weighted by molar-refractivity contribution is 5.91. The lowest BCUT2D eigenvalue weighted by Crippen LogP contribution is -2.34. The summed E-state index contributed by atoms with van der Waals surface area (Å²) in [6.45, 7) is 4.28. The van der Waals surface area contributed by atoms with Crippen LogP contribution in [0.4, 0.5) is 5.69 Å². The maximum Gasteiger partial charge on any atom is 0.199 e. The van der Waals surface area contributed by atoms with Crippen LogP contribution in [0.25, 0.3) is 11.0 Å². The van der Waals surface area contributed by atoms with Crippen molar-refractivity contribution >= 4 is 16.7 Å². The van der Waals surface area contributed by atoms with Crippen LogP contribution in [-0.4, -0.2) is 23.4 Å². The predicted octanol–water partition coefficient (Wildman–Crippen LogP) is 1.64. The summed E-state index contributed by atoms with van der Waals surface area (Å²) in [5.74, 6) is 5.98. The van der Waals surface area contributed by atoms with Crippen LogP contribution in [0.15, 0.2) is 16.8 Å². The molecule has 1 saturated heterocycles. The zero-order chi connectivity index (χ0) is 13.2. The molecule has 7 heteroatoms. The second kappa shape index (κ2) is 5.02. The van der Waals surface area contributed by atoms with Crippen molar-refractivity contribution in [2.75, 3.05) is 18.0 Å². The van der Waals surface area contributed by atoms with E-state index in [1.165, 1.54) is 12.8 Å². The minimum Gasteiger partial charge on any atom is -0.369 e. The van der Waals surface area contributed by atoms with Gasteiger partial charge in [0.05, 0.1) is 5.69 Å². The SMILES string of the molecule is CC1CCCN(c2ccc(OON)c3nonc23)C1. The van der Waals surface area contributed by atoms with Crippen molar-refractivity contribution in [1.82, 2.24) is 10.3 Å². The molecule has 102 valence electrons. The van der Waals surface area contributed by atoms with E-state index in [4.69, 9.17) is 15.4 Å². The minimum absolute atomic E-state index is 0.396. The van der Waals surface area contributed by atoms with Crippen molar-refractivity contribution in [2.45, 2.75) is 19.8 Å². The van der Waals surface area contributed by atoms with E-state index in [9.17, 15) is 0 Å². The summed E-state index contributed by atoms with van der Waals surface area (Å²) in [6.07, 6.45) is 2.44. The molecule has 0 saturated carbocycles. The Morgan fingerprint density at radius 3 is 3.00 bits per heavy atom. The Morgan fingerprint density at radius 2 is 2.21 bits per heavy atom. The molecule has 0 aliphatic carbocycles. The first-order valence-electron chi connectivity index (χ1n) is 6.33. The summed E-state index contributed by atoms with van der Waals surface area (Å²) in [5.41, 5.74) is 2.19. The molecule has 1 fully saturated rings. The summed E-state index contributed by atoms with van der Waals surface area (Å²) >= 11 is 0. The topological polar surface area (TPSA) is 86.6 Å². The number of piperidine rings is 1. The molecular weight excluding hydrogens is 248 g/mol. The normalized spacial score (nSPS) is 19.9. The Labute approximate surface area is 110 Å². The van der Waals surface area contributed by atoms with Crippen molar-refractivity contribution < 1.29 is 14.5 Å². The smallest absolute Gasteiger partial charge is 0.199 e. The number of rotatable bonds is 3. The van der Waals surface area contributed by atoms with Gasteiger partial charge in [-0.05, 0) is 41.2 Å². The maximum atomic E-state index is 4.91. The molecule has 0 bridgehead atoms. The molecular formula is C12H16N4O3. The third kappa shape index (κ3) is 2.22. The van der Waals surface area contributed by atoms with Gasteiger partial charge in [0.25, 0.3) is 0 Å². The second-order valence-corrected chi connectivity index (χ2v) is 4.92. The predicted molar refractivity (Wildman–Crippen MR) is 68.3 cm³/mol. The van der Waals surface area contributed by atoms with Crippen LogP contribution >= 0.6 is 0 Å². The highest BCUT2D eigenvalue weighted by Gasteiger charge is 2.22. The van der Waals surface area contributed by atoms with E-state index in [1.807, 2.05) is 6.07 Å². The average molecular weight is 264 g/mol. The summed E-state index contributed by atoms with van der Waals surface area (Å²) < 4.78 is 4.81. The van der Waals surface area contributed by atoms with Crippen molar-refractivity contribution in [1.29, 1.82) is 0 Å². The first kappa shape index (κ1) is 12.2. The molecule has 1 aromatic carbocycles. The first-order chi connectivity index (χ1) is 9.29. The molecule has 1 aliphatic heterocycles. The van der Waals surface area contributed by atoms with Crippen molar-refractivity contribution in [3.63, 3.8) is 0 Å². The van der Waals surface area contributed by atoms with Crippen LogP contribution in [0.3, 0.4) is 0 Å². The van der Waals surface area contributed by atoms with Crippen LogP contribution in [0.5, 0.6) is 5.75 Å². The van der Waals surface area contributed by atoms with Gasteiger partial charge in [-0.15, -0.1) is 0 Å². The Balaban J connectivity index is 2.00. The number of benzene rings is 1. The van der Waals surface area contributed by atoms with E-state index in [2.05, 4.69) is 27.1 Å². The zero-order valence-corrected chi connectivity index (χ0v) is 10.7. The monoisotopic (exact) mass is 264 g/mol. The van der Waals surface area contributed by atoms with E-state index in [-0.39, 0.29) is 0 Å². The van der Waals surface area contributed by atoms with E-state index < -0.39 is 0 Å². The Kier molecular flexibility index (Phi) is 3.22. The fourth-order valence-corrected chi connectivity index (χ4v) is 2.61. The van der Waals surface area contributed by atoms with Gasteiger partial charge in [-0.25, -0.2) is 4.63 Å². The lowest BCUT2D eigenvalue weighted by atomic mass is 9.99.